The number of pyridine rings is 1. The average molecular weight is 485 g/mol. The van der Waals surface area contributed by atoms with Gasteiger partial charge in [0.1, 0.15) is 17.3 Å². The number of benzene rings is 1. The van der Waals surface area contributed by atoms with Crippen molar-refractivity contribution in [3.8, 4) is 0 Å². The second kappa shape index (κ2) is 9.86. The summed E-state index contributed by atoms with van der Waals surface area (Å²) in [6.45, 7) is 3.73. The Morgan fingerprint density at radius 1 is 1.24 bits per heavy atom. The summed E-state index contributed by atoms with van der Waals surface area (Å²) in [6.07, 6.45) is 5.53. The summed E-state index contributed by atoms with van der Waals surface area (Å²) in [5, 5.41) is 6.59. The van der Waals surface area contributed by atoms with Crippen molar-refractivity contribution in [3.63, 3.8) is 0 Å². The van der Waals surface area contributed by atoms with Crippen LogP contribution in [0.2, 0.25) is 0 Å². The number of hydrogen-bond acceptors (Lipinski definition) is 6. The molecule has 1 saturated heterocycles. The predicted octanol–water partition coefficient (Wildman–Crippen LogP) is 4.04. The van der Waals surface area contributed by atoms with Crippen molar-refractivity contribution in [3.05, 3.63) is 71.0 Å². The molecule has 0 bridgehead atoms. The van der Waals surface area contributed by atoms with Gasteiger partial charge in [-0.3, -0.25) is 4.79 Å². The van der Waals surface area contributed by atoms with Gasteiger partial charge in [0, 0.05) is 24.8 Å². The predicted molar refractivity (Wildman–Crippen MR) is 126 cm³/mol. The van der Waals surface area contributed by atoms with Crippen LogP contribution in [0.25, 0.3) is 12.2 Å². The van der Waals surface area contributed by atoms with Crippen LogP contribution in [0.15, 0.2) is 52.0 Å². The summed E-state index contributed by atoms with van der Waals surface area (Å²) in [7, 11) is -4.00. The summed E-state index contributed by atoms with van der Waals surface area (Å²) in [5.74, 6) is -0.799. The standard InChI is InChI=1S/C24H25FN4O4S/c1-16-11-12-26-22(14-16)27-24(30)19-7-5-13-29(15-19)34(31,32)23-17(2)28-33-21(23)10-9-18-6-3-4-8-20(18)25/h3-4,6,8-12,14,19H,5,7,13,15H2,1-2H3,(H,26,27,30)/b10-9+/t19-/m1/s1. The molecule has 1 fully saturated rings. The maximum atomic E-state index is 14.0. The molecule has 1 amide bonds. The molecule has 1 aliphatic rings. The van der Waals surface area contributed by atoms with Crippen LogP contribution in [0, 0.1) is 25.6 Å². The zero-order valence-electron chi connectivity index (χ0n) is 18.9. The van der Waals surface area contributed by atoms with E-state index in [4.69, 9.17) is 4.52 Å². The third kappa shape index (κ3) is 5.07. The van der Waals surface area contributed by atoms with Crippen molar-refractivity contribution in [2.45, 2.75) is 31.6 Å². The molecular formula is C24H25FN4O4S. The molecule has 1 aliphatic heterocycles. The van der Waals surface area contributed by atoms with Gasteiger partial charge in [-0.05, 0) is 62.6 Å². The number of nitrogens with zero attached hydrogens (tertiary/aromatic N) is 3. The average Bonchev–Trinajstić information content (AvgIpc) is 3.19. The number of amides is 1. The van der Waals surface area contributed by atoms with Crippen LogP contribution in [0.5, 0.6) is 0 Å². The van der Waals surface area contributed by atoms with E-state index in [1.165, 1.54) is 29.4 Å². The van der Waals surface area contributed by atoms with Gasteiger partial charge in [0.25, 0.3) is 0 Å². The van der Waals surface area contributed by atoms with E-state index in [2.05, 4.69) is 15.5 Å². The normalized spacial score (nSPS) is 17.2. The molecule has 1 aromatic carbocycles. The first-order chi connectivity index (χ1) is 16.3. The first-order valence-corrected chi connectivity index (χ1v) is 12.3. The smallest absolute Gasteiger partial charge is 0.248 e. The molecule has 8 nitrogen and oxygen atoms in total. The minimum Gasteiger partial charge on any atom is -0.355 e. The molecular weight excluding hydrogens is 459 g/mol. The molecule has 178 valence electrons. The Morgan fingerprint density at radius 2 is 2.03 bits per heavy atom. The summed E-state index contributed by atoms with van der Waals surface area (Å²) in [5.41, 5.74) is 1.44. The van der Waals surface area contributed by atoms with Crippen molar-refractivity contribution in [1.82, 2.24) is 14.4 Å². The fourth-order valence-electron chi connectivity index (χ4n) is 3.91. The number of aryl methyl sites for hydroxylation is 2. The lowest BCUT2D eigenvalue weighted by Gasteiger charge is -2.31. The number of hydrogen-bond donors (Lipinski definition) is 1. The zero-order valence-corrected chi connectivity index (χ0v) is 19.7. The highest BCUT2D eigenvalue weighted by Crippen LogP contribution is 2.30. The quantitative estimate of drug-likeness (QED) is 0.566. The van der Waals surface area contributed by atoms with E-state index in [9.17, 15) is 17.6 Å². The first-order valence-electron chi connectivity index (χ1n) is 10.9. The highest BCUT2D eigenvalue weighted by atomic mass is 32.2. The number of nitrogens with one attached hydrogen (secondary N) is 1. The summed E-state index contributed by atoms with van der Waals surface area (Å²) in [6, 6.07) is 9.71. The van der Waals surface area contributed by atoms with E-state index < -0.39 is 21.8 Å². The number of anilines is 1. The Labute approximate surface area is 197 Å². The van der Waals surface area contributed by atoms with Gasteiger partial charge >= 0.3 is 0 Å². The Balaban J connectivity index is 1.54. The van der Waals surface area contributed by atoms with Gasteiger partial charge in [-0.15, -0.1) is 0 Å². The van der Waals surface area contributed by atoms with E-state index in [1.807, 2.05) is 13.0 Å². The molecule has 1 N–H and O–H groups in total. The maximum absolute atomic E-state index is 14.0. The van der Waals surface area contributed by atoms with E-state index in [0.717, 1.165) is 5.56 Å². The number of sulfonamides is 1. The minimum atomic E-state index is -4.00. The van der Waals surface area contributed by atoms with E-state index >= 15 is 0 Å². The summed E-state index contributed by atoms with van der Waals surface area (Å²) in [4.78, 5) is 16.9. The minimum absolute atomic E-state index is 0.0105. The second-order valence-corrected chi connectivity index (χ2v) is 10.1. The van der Waals surface area contributed by atoms with E-state index in [-0.39, 0.29) is 35.3 Å². The van der Waals surface area contributed by atoms with Crippen LogP contribution >= 0.6 is 0 Å². The molecule has 34 heavy (non-hydrogen) atoms. The van der Waals surface area contributed by atoms with Gasteiger partial charge < -0.3 is 9.84 Å². The van der Waals surface area contributed by atoms with Crippen molar-refractivity contribution in [1.29, 1.82) is 0 Å². The van der Waals surface area contributed by atoms with Crippen LogP contribution in [0.4, 0.5) is 10.2 Å². The summed E-state index contributed by atoms with van der Waals surface area (Å²) < 4.78 is 47.5. The maximum Gasteiger partial charge on any atom is 0.248 e. The first kappa shape index (κ1) is 23.8. The molecule has 0 spiro atoms. The third-order valence-corrected chi connectivity index (χ3v) is 7.70. The zero-order chi connectivity index (χ0) is 24.3. The highest BCUT2D eigenvalue weighted by molar-refractivity contribution is 7.89. The van der Waals surface area contributed by atoms with Crippen LogP contribution in [0.1, 0.15) is 35.4 Å². The van der Waals surface area contributed by atoms with Crippen molar-refractivity contribution in [2.75, 3.05) is 18.4 Å². The van der Waals surface area contributed by atoms with Gasteiger partial charge in [0.2, 0.25) is 15.9 Å². The third-order valence-electron chi connectivity index (χ3n) is 5.67. The number of aromatic nitrogens is 2. The van der Waals surface area contributed by atoms with Crippen molar-refractivity contribution in [2.24, 2.45) is 5.92 Å². The number of piperidine rings is 1. The molecule has 4 rings (SSSR count). The van der Waals surface area contributed by atoms with Crippen LogP contribution < -0.4 is 5.32 Å². The molecule has 0 radical (unpaired) electrons. The van der Waals surface area contributed by atoms with E-state index in [0.29, 0.717) is 24.2 Å². The molecule has 3 aromatic rings. The molecule has 0 saturated carbocycles. The largest absolute Gasteiger partial charge is 0.355 e. The van der Waals surface area contributed by atoms with E-state index in [1.54, 1.807) is 30.5 Å². The second-order valence-electron chi connectivity index (χ2n) is 8.23. The Bertz CT molecular complexity index is 1340. The number of rotatable bonds is 6. The lowest BCUT2D eigenvalue weighted by Crippen LogP contribution is -2.44. The van der Waals surface area contributed by atoms with Gasteiger partial charge in [-0.1, -0.05) is 23.4 Å². The Hall–Kier alpha value is -3.37. The molecule has 1 atom stereocenters. The van der Waals surface area contributed by atoms with Crippen molar-refractivity contribution >= 4 is 33.9 Å². The Morgan fingerprint density at radius 3 is 2.79 bits per heavy atom. The van der Waals surface area contributed by atoms with Gasteiger partial charge in [0.05, 0.1) is 5.92 Å². The summed E-state index contributed by atoms with van der Waals surface area (Å²) >= 11 is 0. The SMILES string of the molecule is Cc1ccnc(NC(=O)[C@@H]2CCCN(S(=O)(=O)c3c(C)noc3/C=C/c3ccccc3F)C2)c1. The molecule has 10 heteroatoms. The van der Waals surface area contributed by atoms with Gasteiger partial charge in [-0.25, -0.2) is 17.8 Å². The topological polar surface area (TPSA) is 105 Å². The van der Waals surface area contributed by atoms with Crippen LogP contribution in [0.3, 0.4) is 0 Å². The fraction of sp³-hybridized carbons (Fsp3) is 0.292. The lowest BCUT2D eigenvalue weighted by atomic mass is 9.99. The fourth-order valence-corrected chi connectivity index (χ4v) is 5.69. The highest BCUT2D eigenvalue weighted by Gasteiger charge is 2.37. The molecule has 2 aromatic heterocycles. The van der Waals surface area contributed by atoms with Gasteiger partial charge in [0.15, 0.2) is 10.7 Å². The molecule has 3 heterocycles. The van der Waals surface area contributed by atoms with Crippen LogP contribution in [-0.4, -0.2) is 41.9 Å². The molecule has 0 unspecified atom stereocenters. The van der Waals surface area contributed by atoms with Crippen molar-refractivity contribution < 1.29 is 22.1 Å². The number of halogens is 1. The monoisotopic (exact) mass is 484 g/mol. The molecule has 0 aliphatic carbocycles. The Kier molecular flexibility index (Phi) is 6.90. The lowest BCUT2D eigenvalue weighted by molar-refractivity contribution is -0.120. The number of carbonyl (C=O) groups is 1. The van der Waals surface area contributed by atoms with Gasteiger partial charge in [-0.2, -0.15) is 4.31 Å². The van der Waals surface area contributed by atoms with Crippen LogP contribution in [-0.2, 0) is 14.8 Å². The number of carbonyl (C=O) groups excluding carboxylic acids is 1.